The van der Waals surface area contributed by atoms with Crippen molar-refractivity contribution in [3.63, 3.8) is 0 Å². The average Bonchev–Trinajstić information content (AvgIpc) is 2.38. The predicted molar refractivity (Wildman–Crippen MR) is 67.0 cm³/mol. The normalized spacial score (nSPS) is 17.2. The van der Waals surface area contributed by atoms with Crippen LogP contribution in [-0.2, 0) is 0 Å². The number of rotatable bonds is 2. The summed E-state index contributed by atoms with van der Waals surface area (Å²) in [6.45, 7) is 3.62. The van der Waals surface area contributed by atoms with Crippen molar-refractivity contribution < 1.29 is 4.79 Å². The molecule has 1 amide bonds. The third-order valence-electron chi connectivity index (χ3n) is 3.31. The van der Waals surface area contributed by atoms with Gasteiger partial charge in [0.05, 0.1) is 5.56 Å². The van der Waals surface area contributed by atoms with E-state index in [2.05, 4.69) is 10.3 Å². The molecular formula is C13H19N3O. The van der Waals surface area contributed by atoms with E-state index < -0.39 is 0 Å². The molecule has 0 aliphatic carbocycles. The summed E-state index contributed by atoms with van der Waals surface area (Å²) in [6.07, 6.45) is 5.48. The summed E-state index contributed by atoms with van der Waals surface area (Å²) in [5.41, 5.74) is 1.73. The van der Waals surface area contributed by atoms with Gasteiger partial charge in [-0.1, -0.05) is 0 Å². The number of nitrogens with zero attached hydrogens (tertiary/aromatic N) is 2. The second-order valence-electron chi connectivity index (χ2n) is 4.61. The van der Waals surface area contributed by atoms with Gasteiger partial charge in [-0.25, -0.2) is 0 Å². The maximum absolute atomic E-state index is 12.2. The van der Waals surface area contributed by atoms with Crippen LogP contribution in [-0.4, -0.2) is 42.0 Å². The standard InChI is InChI=1S/C13H19N3O/c1-10-7-11(9-15-8-10)13(17)16-5-3-12(14-2)4-6-16/h7-9,12,14H,3-6H2,1-2H3. The predicted octanol–water partition coefficient (Wildman–Crippen LogP) is 1.21. The van der Waals surface area contributed by atoms with E-state index in [9.17, 15) is 4.79 Å². The zero-order chi connectivity index (χ0) is 12.3. The summed E-state index contributed by atoms with van der Waals surface area (Å²) in [5.74, 6) is 0.107. The van der Waals surface area contributed by atoms with Crippen LogP contribution in [0.4, 0.5) is 0 Å². The zero-order valence-electron chi connectivity index (χ0n) is 10.4. The largest absolute Gasteiger partial charge is 0.338 e. The van der Waals surface area contributed by atoms with Gasteiger partial charge >= 0.3 is 0 Å². The van der Waals surface area contributed by atoms with Gasteiger partial charge in [-0.3, -0.25) is 9.78 Å². The van der Waals surface area contributed by atoms with Gasteiger partial charge < -0.3 is 10.2 Å². The molecule has 2 rings (SSSR count). The van der Waals surface area contributed by atoms with Crippen LogP contribution < -0.4 is 5.32 Å². The van der Waals surface area contributed by atoms with Crippen LogP contribution in [0, 0.1) is 6.92 Å². The maximum atomic E-state index is 12.2. The van der Waals surface area contributed by atoms with Crippen LogP contribution in [0.1, 0.15) is 28.8 Å². The Kier molecular flexibility index (Phi) is 3.74. The van der Waals surface area contributed by atoms with Gasteiger partial charge in [0, 0.05) is 31.5 Å². The first kappa shape index (κ1) is 12.0. The summed E-state index contributed by atoms with van der Waals surface area (Å²) >= 11 is 0. The van der Waals surface area contributed by atoms with Gasteiger partial charge in [0.1, 0.15) is 0 Å². The Morgan fingerprint density at radius 2 is 2.12 bits per heavy atom. The molecule has 0 saturated carbocycles. The molecule has 0 spiro atoms. The number of hydrogen-bond donors (Lipinski definition) is 1. The van der Waals surface area contributed by atoms with Crippen LogP contribution in [0.15, 0.2) is 18.5 Å². The topological polar surface area (TPSA) is 45.2 Å². The number of nitrogens with one attached hydrogen (secondary N) is 1. The van der Waals surface area contributed by atoms with E-state index in [1.54, 1.807) is 12.4 Å². The number of likely N-dealkylation sites (tertiary alicyclic amines) is 1. The number of amides is 1. The van der Waals surface area contributed by atoms with Crippen molar-refractivity contribution in [3.8, 4) is 0 Å². The van der Waals surface area contributed by atoms with Crippen molar-refractivity contribution in [2.24, 2.45) is 0 Å². The fourth-order valence-electron chi connectivity index (χ4n) is 2.23. The first-order valence-corrected chi connectivity index (χ1v) is 6.09. The fourth-order valence-corrected chi connectivity index (χ4v) is 2.23. The summed E-state index contributed by atoms with van der Waals surface area (Å²) in [5, 5.41) is 3.26. The molecule has 1 aliphatic heterocycles. The number of hydrogen-bond acceptors (Lipinski definition) is 3. The van der Waals surface area contributed by atoms with E-state index >= 15 is 0 Å². The molecule has 1 saturated heterocycles. The highest BCUT2D eigenvalue weighted by atomic mass is 16.2. The lowest BCUT2D eigenvalue weighted by molar-refractivity contribution is 0.0707. The van der Waals surface area contributed by atoms with Crippen molar-refractivity contribution in [1.29, 1.82) is 0 Å². The number of carbonyl (C=O) groups excluding carboxylic acids is 1. The molecule has 1 aromatic heterocycles. The van der Waals surface area contributed by atoms with Crippen molar-refractivity contribution in [3.05, 3.63) is 29.6 Å². The van der Waals surface area contributed by atoms with E-state index in [1.165, 1.54) is 0 Å². The summed E-state index contributed by atoms with van der Waals surface area (Å²) in [7, 11) is 1.98. The van der Waals surface area contributed by atoms with Crippen LogP contribution in [0.5, 0.6) is 0 Å². The number of carbonyl (C=O) groups is 1. The Bertz CT molecular complexity index is 397. The third kappa shape index (κ3) is 2.82. The average molecular weight is 233 g/mol. The first-order valence-electron chi connectivity index (χ1n) is 6.09. The Morgan fingerprint density at radius 1 is 1.41 bits per heavy atom. The minimum atomic E-state index is 0.107. The Morgan fingerprint density at radius 3 is 2.71 bits per heavy atom. The lowest BCUT2D eigenvalue weighted by Crippen LogP contribution is -2.44. The summed E-state index contributed by atoms with van der Waals surface area (Å²) in [4.78, 5) is 18.2. The highest BCUT2D eigenvalue weighted by Gasteiger charge is 2.22. The second kappa shape index (κ2) is 5.27. The van der Waals surface area contributed by atoms with Gasteiger partial charge in [0.25, 0.3) is 5.91 Å². The smallest absolute Gasteiger partial charge is 0.255 e. The SMILES string of the molecule is CNC1CCN(C(=O)c2cncc(C)c2)CC1. The third-order valence-corrected chi connectivity index (χ3v) is 3.31. The molecule has 1 aliphatic rings. The maximum Gasteiger partial charge on any atom is 0.255 e. The molecule has 4 heteroatoms. The molecule has 4 nitrogen and oxygen atoms in total. The van der Waals surface area contributed by atoms with Crippen molar-refractivity contribution in [2.75, 3.05) is 20.1 Å². The van der Waals surface area contributed by atoms with Crippen LogP contribution in [0.25, 0.3) is 0 Å². The molecule has 1 N–H and O–H groups in total. The van der Waals surface area contributed by atoms with E-state index in [4.69, 9.17) is 0 Å². The molecule has 0 aromatic carbocycles. The highest BCUT2D eigenvalue weighted by Crippen LogP contribution is 2.13. The van der Waals surface area contributed by atoms with Crippen LogP contribution >= 0.6 is 0 Å². The van der Waals surface area contributed by atoms with Crippen molar-refractivity contribution in [2.45, 2.75) is 25.8 Å². The zero-order valence-corrected chi connectivity index (χ0v) is 10.4. The molecule has 0 atom stereocenters. The lowest BCUT2D eigenvalue weighted by Gasteiger charge is -2.31. The molecule has 0 bridgehead atoms. The molecular weight excluding hydrogens is 214 g/mol. The highest BCUT2D eigenvalue weighted by molar-refractivity contribution is 5.94. The van der Waals surface area contributed by atoms with Gasteiger partial charge in [-0.05, 0) is 38.4 Å². The van der Waals surface area contributed by atoms with Gasteiger partial charge in [0.15, 0.2) is 0 Å². The van der Waals surface area contributed by atoms with Crippen LogP contribution in [0.3, 0.4) is 0 Å². The van der Waals surface area contributed by atoms with Crippen molar-refractivity contribution >= 4 is 5.91 Å². The van der Waals surface area contributed by atoms with E-state index in [-0.39, 0.29) is 5.91 Å². The quantitative estimate of drug-likeness (QED) is 0.835. The first-order chi connectivity index (χ1) is 8.20. The number of aromatic nitrogens is 1. The van der Waals surface area contributed by atoms with Gasteiger partial charge in [0.2, 0.25) is 0 Å². The molecule has 2 heterocycles. The Labute approximate surface area is 102 Å². The molecule has 17 heavy (non-hydrogen) atoms. The monoisotopic (exact) mass is 233 g/mol. The van der Waals surface area contributed by atoms with Crippen molar-refractivity contribution in [1.82, 2.24) is 15.2 Å². The minimum Gasteiger partial charge on any atom is -0.338 e. The molecule has 1 fully saturated rings. The molecule has 92 valence electrons. The van der Waals surface area contributed by atoms with Crippen LogP contribution in [0.2, 0.25) is 0 Å². The number of piperidine rings is 1. The van der Waals surface area contributed by atoms with E-state index in [0.29, 0.717) is 11.6 Å². The second-order valence-corrected chi connectivity index (χ2v) is 4.61. The number of pyridine rings is 1. The molecule has 1 aromatic rings. The molecule has 0 radical (unpaired) electrons. The van der Waals surface area contributed by atoms with E-state index in [1.807, 2.05) is 24.9 Å². The van der Waals surface area contributed by atoms with Gasteiger partial charge in [-0.15, -0.1) is 0 Å². The summed E-state index contributed by atoms with van der Waals surface area (Å²) < 4.78 is 0. The van der Waals surface area contributed by atoms with Gasteiger partial charge in [-0.2, -0.15) is 0 Å². The minimum absolute atomic E-state index is 0.107. The summed E-state index contributed by atoms with van der Waals surface area (Å²) in [6, 6.07) is 2.45. The van der Waals surface area contributed by atoms with E-state index in [0.717, 1.165) is 31.5 Å². The fraction of sp³-hybridized carbons (Fsp3) is 0.538. The molecule has 0 unspecified atom stereocenters. The number of aryl methyl sites for hydroxylation is 1. The lowest BCUT2D eigenvalue weighted by atomic mass is 10.0. The Hall–Kier alpha value is -1.42. The Balaban J connectivity index is 2.02.